The van der Waals surface area contributed by atoms with Gasteiger partial charge in [-0.25, -0.2) is 0 Å². The van der Waals surface area contributed by atoms with Gasteiger partial charge in [-0.15, -0.1) is 0 Å². The number of halogens is 1. The van der Waals surface area contributed by atoms with Crippen LogP contribution in [0.25, 0.3) is 0 Å². The van der Waals surface area contributed by atoms with Gasteiger partial charge in [0.25, 0.3) is 0 Å². The second-order valence-corrected chi connectivity index (χ2v) is 6.24. The average Bonchev–Trinajstić information content (AvgIpc) is 2.85. The first-order valence-electron chi connectivity index (χ1n) is 7.73. The van der Waals surface area contributed by atoms with E-state index in [1.165, 1.54) is 16.8 Å². The predicted octanol–water partition coefficient (Wildman–Crippen LogP) is 4.15. The lowest BCUT2D eigenvalue weighted by atomic mass is 10.1. The molecule has 0 spiro atoms. The Hall–Kier alpha value is -1.13. The molecule has 0 amide bonds. The standard InChI is InChI=1S/C17H24BrN3/c1-3-5-17-15(11-19-10-4-2)12-20-21(17)13-14-6-8-16(18)9-7-14/h6-9,12,19H,3-5,10-11,13H2,1-2H3. The minimum absolute atomic E-state index is 0.844. The molecule has 2 rings (SSSR count). The monoisotopic (exact) mass is 349 g/mol. The van der Waals surface area contributed by atoms with Crippen molar-refractivity contribution in [2.45, 2.75) is 46.2 Å². The minimum atomic E-state index is 0.844. The van der Waals surface area contributed by atoms with Crippen molar-refractivity contribution < 1.29 is 0 Å². The quantitative estimate of drug-likeness (QED) is 0.725. The Morgan fingerprint density at radius 2 is 1.90 bits per heavy atom. The number of nitrogens with one attached hydrogen (secondary N) is 1. The van der Waals surface area contributed by atoms with E-state index in [0.717, 1.165) is 43.4 Å². The van der Waals surface area contributed by atoms with Crippen LogP contribution in [0.15, 0.2) is 34.9 Å². The van der Waals surface area contributed by atoms with Gasteiger partial charge >= 0.3 is 0 Å². The number of hydrogen-bond acceptors (Lipinski definition) is 2. The number of hydrogen-bond donors (Lipinski definition) is 1. The Bertz CT molecular complexity index is 546. The number of aromatic nitrogens is 2. The van der Waals surface area contributed by atoms with Gasteiger partial charge in [0, 0.05) is 22.3 Å². The van der Waals surface area contributed by atoms with Crippen LogP contribution in [0.5, 0.6) is 0 Å². The van der Waals surface area contributed by atoms with E-state index in [-0.39, 0.29) is 0 Å². The number of rotatable bonds is 8. The van der Waals surface area contributed by atoms with Crippen molar-refractivity contribution in [3.8, 4) is 0 Å². The second kappa shape index (κ2) is 8.35. The van der Waals surface area contributed by atoms with Crippen molar-refractivity contribution in [3.63, 3.8) is 0 Å². The largest absolute Gasteiger partial charge is 0.313 e. The topological polar surface area (TPSA) is 29.9 Å². The zero-order valence-corrected chi connectivity index (χ0v) is 14.5. The second-order valence-electron chi connectivity index (χ2n) is 5.33. The van der Waals surface area contributed by atoms with Crippen LogP contribution in [-0.2, 0) is 19.5 Å². The molecule has 0 saturated carbocycles. The molecule has 3 nitrogen and oxygen atoms in total. The lowest BCUT2D eigenvalue weighted by molar-refractivity contribution is 0.625. The van der Waals surface area contributed by atoms with E-state index < -0.39 is 0 Å². The summed E-state index contributed by atoms with van der Waals surface area (Å²) in [6.45, 7) is 7.24. The summed E-state index contributed by atoms with van der Waals surface area (Å²) in [7, 11) is 0. The van der Waals surface area contributed by atoms with Gasteiger partial charge in [0.15, 0.2) is 0 Å². The first-order valence-corrected chi connectivity index (χ1v) is 8.52. The molecule has 0 unspecified atom stereocenters. The van der Waals surface area contributed by atoms with Gasteiger partial charge in [-0.2, -0.15) is 5.10 Å². The zero-order chi connectivity index (χ0) is 15.1. The number of nitrogens with zero attached hydrogens (tertiary/aromatic N) is 2. The first-order chi connectivity index (χ1) is 10.2. The van der Waals surface area contributed by atoms with Crippen LogP contribution in [0, 0.1) is 0 Å². The maximum Gasteiger partial charge on any atom is 0.0662 e. The van der Waals surface area contributed by atoms with Crippen molar-refractivity contribution >= 4 is 15.9 Å². The molecule has 21 heavy (non-hydrogen) atoms. The van der Waals surface area contributed by atoms with Crippen molar-refractivity contribution in [2.75, 3.05) is 6.54 Å². The van der Waals surface area contributed by atoms with Gasteiger partial charge in [0.1, 0.15) is 0 Å². The molecule has 0 aliphatic rings. The molecule has 0 atom stereocenters. The molecule has 114 valence electrons. The molecule has 0 saturated heterocycles. The van der Waals surface area contributed by atoms with Crippen LogP contribution < -0.4 is 5.32 Å². The van der Waals surface area contributed by atoms with E-state index in [1.807, 2.05) is 6.20 Å². The van der Waals surface area contributed by atoms with E-state index in [2.05, 4.69) is 69.1 Å². The van der Waals surface area contributed by atoms with E-state index in [9.17, 15) is 0 Å². The third-order valence-electron chi connectivity index (χ3n) is 3.51. The minimum Gasteiger partial charge on any atom is -0.313 e. The van der Waals surface area contributed by atoms with E-state index in [4.69, 9.17) is 0 Å². The van der Waals surface area contributed by atoms with Crippen molar-refractivity contribution in [3.05, 3.63) is 51.8 Å². The van der Waals surface area contributed by atoms with Crippen LogP contribution in [0.2, 0.25) is 0 Å². The lowest BCUT2D eigenvalue weighted by Gasteiger charge is -2.10. The van der Waals surface area contributed by atoms with E-state index >= 15 is 0 Å². The van der Waals surface area contributed by atoms with Crippen LogP contribution in [0.1, 0.15) is 43.5 Å². The molecule has 1 N–H and O–H groups in total. The molecule has 0 fully saturated rings. The fourth-order valence-electron chi connectivity index (χ4n) is 2.42. The summed E-state index contributed by atoms with van der Waals surface area (Å²) in [6, 6.07) is 8.47. The van der Waals surface area contributed by atoms with Crippen LogP contribution >= 0.6 is 15.9 Å². The molecule has 1 heterocycles. The molecule has 0 radical (unpaired) electrons. The molecular weight excluding hydrogens is 326 g/mol. The highest BCUT2D eigenvalue weighted by Gasteiger charge is 2.10. The van der Waals surface area contributed by atoms with Gasteiger partial charge in [0.2, 0.25) is 0 Å². The fraction of sp³-hybridized carbons (Fsp3) is 0.471. The van der Waals surface area contributed by atoms with Crippen LogP contribution in [0.3, 0.4) is 0 Å². The predicted molar refractivity (Wildman–Crippen MR) is 91.5 cm³/mol. The smallest absolute Gasteiger partial charge is 0.0662 e. The Morgan fingerprint density at radius 3 is 2.57 bits per heavy atom. The molecule has 4 heteroatoms. The highest BCUT2D eigenvalue weighted by Crippen LogP contribution is 2.15. The van der Waals surface area contributed by atoms with Crippen molar-refractivity contribution in [1.82, 2.24) is 15.1 Å². The molecule has 0 bridgehead atoms. The molecule has 1 aromatic heterocycles. The van der Waals surface area contributed by atoms with Gasteiger partial charge in [-0.3, -0.25) is 4.68 Å². The molecule has 0 aliphatic carbocycles. The molecular formula is C17H24BrN3. The molecule has 1 aromatic carbocycles. The third kappa shape index (κ3) is 4.68. The summed E-state index contributed by atoms with van der Waals surface area (Å²) >= 11 is 3.48. The normalized spacial score (nSPS) is 11.0. The van der Waals surface area contributed by atoms with E-state index in [1.54, 1.807) is 0 Å². The highest BCUT2D eigenvalue weighted by molar-refractivity contribution is 9.10. The zero-order valence-electron chi connectivity index (χ0n) is 12.9. The Balaban J connectivity index is 2.12. The summed E-state index contributed by atoms with van der Waals surface area (Å²) < 4.78 is 3.26. The third-order valence-corrected chi connectivity index (χ3v) is 4.04. The SMILES string of the molecule is CCCNCc1cnn(Cc2ccc(Br)cc2)c1CCC. The van der Waals surface area contributed by atoms with E-state index in [0.29, 0.717) is 0 Å². The Morgan fingerprint density at radius 1 is 1.14 bits per heavy atom. The summed E-state index contributed by atoms with van der Waals surface area (Å²) in [6.07, 6.45) is 5.41. The van der Waals surface area contributed by atoms with Gasteiger partial charge in [-0.05, 0) is 37.1 Å². The fourth-order valence-corrected chi connectivity index (χ4v) is 2.69. The number of benzene rings is 1. The summed E-state index contributed by atoms with van der Waals surface area (Å²) in [5, 5.41) is 8.07. The Labute approximate surface area is 135 Å². The maximum atomic E-state index is 4.60. The van der Waals surface area contributed by atoms with Crippen molar-refractivity contribution in [2.24, 2.45) is 0 Å². The Kier molecular flexibility index (Phi) is 6.46. The van der Waals surface area contributed by atoms with Crippen molar-refractivity contribution in [1.29, 1.82) is 0 Å². The lowest BCUT2D eigenvalue weighted by Crippen LogP contribution is -2.15. The van der Waals surface area contributed by atoms with Crippen LogP contribution in [-0.4, -0.2) is 16.3 Å². The summed E-state index contributed by atoms with van der Waals surface area (Å²) in [4.78, 5) is 0. The molecule has 2 aromatic rings. The van der Waals surface area contributed by atoms with Gasteiger partial charge in [-0.1, -0.05) is 48.3 Å². The average molecular weight is 350 g/mol. The first kappa shape index (κ1) is 16.2. The van der Waals surface area contributed by atoms with Gasteiger partial charge in [0.05, 0.1) is 12.7 Å². The highest BCUT2D eigenvalue weighted by atomic mass is 79.9. The molecule has 0 aliphatic heterocycles. The maximum absolute atomic E-state index is 4.60. The van der Waals surface area contributed by atoms with Crippen LogP contribution in [0.4, 0.5) is 0 Å². The summed E-state index contributed by atoms with van der Waals surface area (Å²) in [5.41, 5.74) is 3.98. The van der Waals surface area contributed by atoms with Gasteiger partial charge < -0.3 is 5.32 Å². The summed E-state index contributed by atoms with van der Waals surface area (Å²) in [5.74, 6) is 0.